The highest BCUT2D eigenvalue weighted by Crippen LogP contribution is 2.31. The van der Waals surface area contributed by atoms with E-state index in [0.29, 0.717) is 31.2 Å². The first-order valence-corrected chi connectivity index (χ1v) is 9.53. The van der Waals surface area contributed by atoms with Crippen molar-refractivity contribution in [1.82, 2.24) is 10.0 Å². The fourth-order valence-corrected chi connectivity index (χ4v) is 5.53. The SMILES string of the molecule is CNCc1scc(C)c1S(=O)(=O)NCC1(C)CCOCC1. The highest BCUT2D eigenvalue weighted by molar-refractivity contribution is 7.89. The van der Waals surface area contributed by atoms with Crippen molar-refractivity contribution in [3.05, 3.63) is 15.8 Å². The summed E-state index contributed by atoms with van der Waals surface area (Å²) in [6.45, 7) is 6.42. The molecule has 0 aromatic carbocycles. The molecule has 2 N–H and O–H groups in total. The van der Waals surface area contributed by atoms with E-state index in [4.69, 9.17) is 4.74 Å². The van der Waals surface area contributed by atoms with Crippen molar-refractivity contribution in [3.63, 3.8) is 0 Å². The molecule has 1 aliphatic heterocycles. The minimum absolute atomic E-state index is 0.0155. The molecule has 0 aliphatic carbocycles. The van der Waals surface area contributed by atoms with Gasteiger partial charge in [0.25, 0.3) is 0 Å². The third kappa shape index (κ3) is 4.04. The summed E-state index contributed by atoms with van der Waals surface area (Å²) in [5.74, 6) is 0. The van der Waals surface area contributed by atoms with Crippen molar-refractivity contribution in [1.29, 1.82) is 0 Å². The zero-order valence-electron chi connectivity index (χ0n) is 12.9. The number of nitrogens with one attached hydrogen (secondary N) is 2. The van der Waals surface area contributed by atoms with Crippen LogP contribution in [0.15, 0.2) is 10.3 Å². The highest BCUT2D eigenvalue weighted by atomic mass is 32.2. The number of rotatable bonds is 6. The first-order chi connectivity index (χ1) is 9.88. The minimum atomic E-state index is -3.46. The number of hydrogen-bond acceptors (Lipinski definition) is 5. The van der Waals surface area contributed by atoms with Gasteiger partial charge in [0.05, 0.1) is 0 Å². The lowest BCUT2D eigenvalue weighted by Crippen LogP contribution is -2.39. The van der Waals surface area contributed by atoms with E-state index in [9.17, 15) is 8.42 Å². The molecule has 0 unspecified atom stereocenters. The van der Waals surface area contributed by atoms with E-state index in [1.54, 1.807) is 0 Å². The fraction of sp³-hybridized carbons (Fsp3) is 0.714. The van der Waals surface area contributed by atoms with Gasteiger partial charge in [-0.1, -0.05) is 6.92 Å². The topological polar surface area (TPSA) is 67.4 Å². The average Bonchev–Trinajstić information content (AvgIpc) is 2.80. The zero-order valence-corrected chi connectivity index (χ0v) is 14.5. The van der Waals surface area contributed by atoms with Crippen LogP contribution in [-0.4, -0.2) is 35.2 Å². The molecular formula is C14H24N2O3S2. The second-order valence-corrected chi connectivity index (χ2v) is 8.62. The predicted octanol–water partition coefficient (Wildman–Crippen LogP) is 1.87. The van der Waals surface area contributed by atoms with Gasteiger partial charge in [0.2, 0.25) is 10.0 Å². The maximum Gasteiger partial charge on any atom is 0.242 e. The van der Waals surface area contributed by atoms with Gasteiger partial charge in [0.15, 0.2) is 0 Å². The lowest BCUT2D eigenvalue weighted by Gasteiger charge is -2.33. The zero-order chi connectivity index (χ0) is 15.5. The maximum absolute atomic E-state index is 12.6. The largest absolute Gasteiger partial charge is 0.381 e. The molecule has 2 rings (SSSR count). The monoisotopic (exact) mass is 332 g/mol. The summed E-state index contributed by atoms with van der Waals surface area (Å²) in [4.78, 5) is 1.30. The molecule has 1 saturated heterocycles. The molecule has 0 amide bonds. The first-order valence-electron chi connectivity index (χ1n) is 7.17. The third-order valence-corrected chi connectivity index (χ3v) is 6.85. The Morgan fingerprint density at radius 2 is 2.05 bits per heavy atom. The summed E-state index contributed by atoms with van der Waals surface area (Å²) < 4.78 is 33.4. The van der Waals surface area contributed by atoms with Gasteiger partial charge in [-0.2, -0.15) is 0 Å². The van der Waals surface area contributed by atoms with Gasteiger partial charge >= 0.3 is 0 Å². The van der Waals surface area contributed by atoms with Crippen molar-refractivity contribution in [3.8, 4) is 0 Å². The molecule has 7 heteroatoms. The van der Waals surface area contributed by atoms with E-state index in [2.05, 4.69) is 17.0 Å². The van der Waals surface area contributed by atoms with Crippen molar-refractivity contribution >= 4 is 21.4 Å². The van der Waals surface area contributed by atoms with Gasteiger partial charge in [-0.3, -0.25) is 0 Å². The average molecular weight is 332 g/mol. The summed E-state index contributed by atoms with van der Waals surface area (Å²) in [5, 5.41) is 4.92. The number of aryl methyl sites for hydroxylation is 1. The lowest BCUT2D eigenvalue weighted by atomic mass is 9.83. The number of hydrogen-bond donors (Lipinski definition) is 2. The Labute approximate surface area is 131 Å². The van der Waals surface area contributed by atoms with Gasteiger partial charge in [-0.05, 0) is 43.2 Å². The molecule has 0 atom stereocenters. The highest BCUT2D eigenvalue weighted by Gasteiger charge is 2.30. The Hall–Kier alpha value is -0.470. The van der Waals surface area contributed by atoms with Crippen LogP contribution in [-0.2, 0) is 21.3 Å². The van der Waals surface area contributed by atoms with Crippen LogP contribution in [0.2, 0.25) is 0 Å². The van der Waals surface area contributed by atoms with E-state index in [-0.39, 0.29) is 5.41 Å². The summed E-state index contributed by atoms with van der Waals surface area (Å²) in [5.41, 5.74) is 0.799. The summed E-state index contributed by atoms with van der Waals surface area (Å²) in [6.07, 6.45) is 1.78. The molecule has 0 bridgehead atoms. The molecule has 1 aliphatic rings. The van der Waals surface area contributed by atoms with Crippen LogP contribution >= 0.6 is 11.3 Å². The molecule has 21 heavy (non-hydrogen) atoms. The van der Waals surface area contributed by atoms with Crippen molar-refractivity contribution in [2.45, 2.75) is 38.1 Å². The Morgan fingerprint density at radius 3 is 2.67 bits per heavy atom. The molecule has 0 spiro atoms. The van der Waals surface area contributed by atoms with Crippen LogP contribution in [0, 0.1) is 12.3 Å². The van der Waals surface area contributed by atoms with Gasteiger partial charge in [-0.15, -0.1) is 11.3 Å². The van der Waals surface area contributed by atoms with Crippen LogP contribution < -0.4 is 10.0 Å². The molecule has 1 fully saturated rings. The molecule has 0 radical (unpaired) electrons. The van der Waals surface area contributed by atoms with Gasteiger partial charge in [0, 0.05) is 31.2 Å². The Kier molecular flexibility index (Phi) is 5.43. The van der Waals surface area contributed by atoms with Crippen LogP contribution in [0.25, 0.3) is 0 Å². The summed E-state index contributed by atoms with van der Waals surface area (Å²) >= 11 is 1.49. The molecule has 2 heterocycles. The van der Waals surface area contributed by atoms with Gasteiger partial charge < -0.3 is 10.1 Å². The standard InChI is InChI=1S/C14H24N2O3S2/c1-11-9-20-12(8-15-3)13(11)21(17,18)16-10-14(2)4-6-19-7-5-14/h9,15-16H,4-8,10H2,1-3H3. The fourth-order valence-electron chi connectivity index (χ4n) is 2.51. The maximum atomic E-state index is 12.6. The van der Waals surface area contributed by atoms with E-state index in [1.165, 1.54) is 11.3 Å². The Morgan fingerprint density at radius 1 is 1.38 bits per heavy atom. The second kappa shape index (κ2) is 6.75. The first kappa shape index (κ1) is 16.9. The number of thiophene rings is 1. The second-order valence-electron chi connectivity index (χ2n) is 5.95. The smallest absolute Gasteiger partial charge is 0.242 e. The van der Waals surface area contributed by atoms with Gasteiger partial charge in [-0.25, -0.2) is 13.1 Å². The molecule has 120 valence electrons. The van der Waals surface area contributed by atoms with Crippen molar-refractivity contribution in [2.75, 3.05) is 26.8 Å². The predicted molar refractivity (Wildman–Crippen MR) is 85.2 cm³/mol. The Balaban J connectivity index is 2.13. The van der Waals surface area contributed by atoms with Crippen molar-refractivity contribution < 1.29 is 13.2 Å². The van der Waals surface area contributed by atoms with E-state index in [1.807, 2.05) is 19.4 Å². The summed E-state index contributed by atoms with van der Waals surface area (Å²) in [7, 11) is -1.64. The van der Waals surface area contributed by atoms with Crippen LogP contribution in [0.1, 0.15) is 30.2 Å². The third-order valence-electron chi connectivity index (χ3n) is 3.98. The lowest BCUT2D eigenvalue weighted by molar-refractivity contribution is 0.0264. The van der Waals surface area contributed by atoms with E-state index in [0.717, 1.165) is 23.3 Å². The molecule has 1 aromatic rings. The van der Waals surface area contributed by atoms with Crippen LogP contribution in [0.4, 0.5) is 0 Å². The molecule has 0 saturated carbocycles. The molecule has 5 nitrogen and oxygen atoms in total. The summed E-state index contributed by atoms with van der Waals surface area (Å²) in [6, 6.07) is 0. The van der Waals surface area contributed by atoms with E-state index < -0.39 is 10.0 Å². The van der Waals surface area contributed by atoms with Crippen LogP contribution in [0.5, 0.6) is 0 Å². The quantitative estimate of drug-likeness (QED) is 0.834. The van der Waals surface area contributed by atoms with Gasteiger partial charge in [0.1, 0.15) is 4.90 Å². The molecule has 1 aromatic heterocycles. The Bertz CT molecular complexity index is 575. The van der Waals surface area contributed by atoms with Crippen LogP contribution in [0.3, 0.4) is 0 Å². The normalized spacial score (nSPS) is 18.8. The van der Waals surface area contributed by atoms with E-state index >= 15 is 0 Å². The minimum Gasteiger partial charge on any atom is -0.381 e. The number of ether oxygens (including phenoxy) is 1. The molecular weight excluding hydrogens is 308 g/mol. The van der Waals surface area contributed by atoms with Crippen molar-refractivity contribution in [2.24, 2.45) is 5.41 Å². The number of sulfonamides is 1.